The van der Waals surface area contributed by atoms with Gasteiger partial charge in [0.05, 0.1) is 0 Å². The molecule has 2 saturated carbocycles. The molecule has 1 aromatic rings. The molecule has 0 spiro atoms. The van der Waals surface area contributed by atoms with Crippen LogP contribution in [0.5, 0.6) is 0 Å². The van der Waals surface area contributed by atoms with Crippen molar-refractivity contribution in [3.05, 3.63) is 34.3 Å². The molecular formula is C20H27BrN2O2. The summed E-state index contributed by atoms with van der Waals surface area (Å²) in [6.45, 7) is 7.36. The lowest BCUT2D eigenvalue weighted by atomic mass is 9.69. The lowest BCUT2D eigenvalue weighted by molar-refractivity contribution is -0.122. The number of hydrogen-bond donors (Lipinski definition) is 2. The van der Waals surface area contributed by atoms with E-state index in [0.717, 1.165) is 10.9 Å². The fourth-order valence-corrected chi connectivity index (χ4v) is 4.95. The van der Waals surface area contributed by atoms with Crippen molar-refractivity contribution in [3.8, 4) is 0 Å². The number of nitrogens with one attached hydrogen (secondary N) is 2. The average molecular weight is 407 g/mol. The highest BCUT2D eigenvalue weighted by Gasteiger charge is 2.61. The zero-order valence-corrected chi connectivity index (χ0v) is 16.8. The Morgan fingerprint density at radius 3 is 2.44 bits per heavy atom. The number of fused-ring (bicyclic) bond motifs is 2. The fourth-order valence-electron chi connectivity index (χ4n) is 4.68. The van der Waals surface area contributed by atoms with Crippen LogP contribution in [0.2, 0.25) is 0 Å². The zero-order valence-electron chi connectivity index (χ0n) is 15.2. The normalized spacial score (nSPS) is 29.4. The molecule has 3 unspecified atom stereocenters. The summed E-state index contributed by atoms with van der Waals surface area (Å²) in [5, 5.41) is 6.05. The molecule has 25 heavy (non-hydrogen) atoms. The molecule has 0 heterocycles. The third kappa shape index (κ3) is 3.35. The van der Waals surface area contributed by atoms with Crippen molar-refractivity contribution < 1.29 is 9.59 Å². The summed E-state index contributed by atoms with van der Waals surface area (Å²) in [6, 6.07) is 7.45. The second-order valence-corrected chi connectivity index (χ2v) is 9.16. The number of benzene rings is 1. The third-order valence-electron chi connectivity index (χ3n) is 6.87. The molecule has 5 heteroatoms. The summed E-state index contributed by atoms with van der Waals surface area (Å²) in [5.74, 6) is 0.596. The van der Waals surface area contributed by atoms with E-state index in [-0.39, 0.29) is 23.3 Å². The summed E-state index contributed by atoms with van der Waals surface area (Å²) in [7, 11) is 0. The highest BCUT2D eigenvalue weighted by atomic mass is 79.9. The fraction of sp³-hybridized carbons (Fsp3) is 0.600. The molecule has 2 amide bonds. The topological polar surface area (TPSA) is 58.2 Å². The van der Waals surface area contributed by atoms with Gasteiger partial charge in [-0.3, -0.25) is 9.59 Å². The molecule has 0 aliphatic heterocycles. The van der Waals surface area contributed by atoms with E-state index in [9.17, 15) is 9.59 Å². The lowest BCUT2D eigenvalue weighted by Crippen LogP contribution is -2.47. The van der Waals surface area contributed by atoms with Crippen molar-refractivity contribution in [1.29, 1.82) is 0 Å². The van der Waals surface area contributed by atoms with Gasteiger partial charge in [-0.2, -0.15) is 0 Å². The molecule has 2 fully saturated rings. The maximum absolute atomic E-state index is 12.3. The second kappa shape index (κ2) is 6.75. The number of rotatable bonds is 5. The van der Waals surface area contributed by atoms with Crippen LogP contribution in [0, 0.1) is 16.7 Å². The summed E-state index contributed by atoms with van der Waals surface area (Å²) in [4.78, 5) is 24.4. The summed E-state index contributed by atoms with van der Waals surface area (Å²) in [6.07, 6.45) is 3.87. The van der Waals surface area contributed by atoms with Crippen LogP contribution in [0.3, 0.4) is 0 Å². The van der Waals surface area contributed by atoms with Crippen LogP contribution in [0.25, 0.3) is 0 Å². The van der Waals surface area contributed by atoms with Gasteiger partial charge in [-0.15, -0.1) is 0 Å². The van der Waals surface area contributed by atoms with E-state index in [1.807, 2.05) is 12.1 Å². The Balaban J connectivity index is 1.46. The standard InChI is InChI=1S/C20H27BrN2O2/c1-19(2)14-8-10-20(19,3)16(12-14)23-17(24)9-11-22-18(25)13-4-6-15(21)7-5-13/h4-7,14,16H,8-12H2,1-3H3,(H,22,25)(H,23,24). The summed E-state index contributed by atoms with van der Waals surface area (Å²) < 4.78 is 0.936. The number of amides is 2. The van der Waals surface area contributed by atoms with Crippen molar-refractivity contribution in [2.75, 3.05) is 6.54 Å². The largest absolute Gasteiger partial charge is 0.353 e. The van der Waals surface area contributed by atoms with Crippen LogP contribution >= 0.6 is 15.9 Å². The van der Waals surface area contributed by atoms with Gasteiger partial charge >= 0.3 is 0 Å². The molecule has 2 bridgehead atoms. The van der Waals surface area contributed by atoms with Crippen molar-refractivity contribution in [2.45, 2.75) is 52.5 Å². The van der Waals surface area contributed by atoms with Crippen LogP contribution in [0.15, 0.2) is 28.7 Å². The molecule has 4 nitrogen and oxygen atoms in total. The highest BCUT2D eigenvalue weighted by Crippen LogP contribution is 2.65. The summed E-state index contributed by atoms with van der Waals surface area (Å²) >= 11 is 3.35. The predicted octanol–water partition coefficient (Wildman–Crippen LogP) is 3.90. The molecule has 2 aliphatic rings. The molecule has 2 N–H and O–H groups in total. The number of carbonyl (C=O) groups is 2. The van der Waals surface area contributed by atoms with Crippen LogP contribution in [0.4, 0.5) is 0 Å². The van der Waals surface area contributed by atoms with E-state index in [4.69, 9.17) is 0 Å². The molecule has 3 rings (SSSR count). The number of carbonyl (C=O) groups excluding carboxylic acids is 2. The highest BCUT2D eigenvalue weighted by molar-refractivity contribution is 9.10. The minimum Gasteiger partial charge on any atom is -0.353 e. The Hall–Kier alpha value is -1.36. The maximum atomic E-state index is 12.3. The first kappa shape index (κ1) is 18.4. The van der Waals surface area contributed by atoms with Crippen LogP contribution in [0.1, 0.15) is 56.8 Å². The van der Waals surface area contributed by atoms with Gasteiger partial charge < -0.3 is 10.6 Å². The molecule has 0 saturated heterocycles. The van der Waals surface area contributed by atoms with Gasteiger partial charge in [-0.05, 0) is 60.3 Å². The molecule has 3 atom stereocenters. The first-order valence-electron chi connectivity index (χ1n) is 9.07. The molecule has 136 valence electrons. The minimum atomic E-state index is -0.145. The average Bonchev–Trinajstić information content (AvgIpc) is 2.88. The smallest absolute Gasteiger partial charge is 0.251 e. The van der Waals surface area contributed by atoms with Gasteiger partial charge in [-0.25, -0.2) is 0 Å². The van der Waals surface area contributed by atoms with E-state index in [2.05, 4.69) is 47.3 Å². The number of hydrogen-bond acceptors (Lipinski definition) is 2. The Morgan fingerprint density at radius 1 is 1.20 bits per heavy atom. The molecular weight excluding hydrogens is 380 g/mol. The van der Waals surface area contributed by atoms with E-state index in [1.54, 1.807) is 12.1 Å². The Labute approximate surface area is 158 Å². The molecule has 0 aromatic heterocycles. The van der Waals surface area contributed by atoms with Gasteiger partial charge in [-0.1, -0.05) is 36.7 Å². The summed E-state index contributed by atoms with van der Waals surface area (Å²) in [5.41, 5.74) is 1.08. The zero-order chi connectivity index (χ0) is 18.2. The van der Waals surface area contributed by atoms with Gasteiger partial charge in [0.2, 0.25) is 5.91 Å². The molecule has 0 radical (unpaired) electrons. The van der Waals surface area contributed by atoms with E-state index in [0.29, 0.717) is 29.9 Å². The van der Waals surface area contributed by atoms with Crippen LogP contribution in [-0.4, -0.2) is 24.4 Å². The first-order chi connectivity index (χ1) is 11.7. The monoisotopic (exact) mass is 406 g/mol. The Morgan fingerprint density at radius 2 is 1.88 bits per heavy atom. The lowest BCUT2D eigenvalue weighted by Gasteiger charge is -2.39. The van der Waals surface area contributed by atoms with Crippen molar-refractivity contribution >= 4 is 27.7 Å². The van der Waals surface area contributed by atoms with Crippen molar-refractivity contribution in [3.63, 3.8) is 0 Å². The molecule has 1 aromatic carbocycles. The van der Waals surface area contributed by atoms with E-state index in [1.165, 1.54) is 12.8 Å². The Kier molecular flexibility index (Phi) is 4.97. The van der Waals surface area contributed by atoms with Gasteiger partial charge in [0.25, 0.3) is 5.91 Å². The van der Waals surface area contributed by atoms with E-state index < -0.39 is 0 Å². The predicted molar refractivity (Wildman–Crippen MR) is 102 cm³/mol. The van der Waals surface area contributed by atoms with Gasteiger partial charge in [0, 0.05) is 29.0 Å². The van der Waals surface area contributed by atoms with Crippen LogP contribution in [-0.2, 0) is 4.79 Å². The Bertz CT molecular complexity index is 671. The van der Waals surface area contributed by atoms with Crippen molar-refractivity contribution in [2.24, 2.45) is 16.7 Å². The SMILES string of the molecule is CC1(C)C2CCC1(C)C(NC(=O)CCNC(=O)c1ccc(Br)cc1)C2. The van der Waals surface area contributed by atoms with Gasteiger partial charge in [0.15, 0.2) is 0 Å². The third-order valence-corrected chi connectivity index (χ3v) is 7.40. The van der Waals surface area contributed by atoms with E-state index >= 15 is 0 Å². The van der Waals surface area contributed by atoms with Crippen LogP contribution < -0.4 is 10.6 Å². The number of halogens is 1. The first-order valence-corrected chi connectivity index (χ1v) is 9.86. The minimum absolute atomic E-state index is 0.0330. The van der Waals surface area contributed by atoms with Gasteiger partial charge in [0.1, 0.15) is 0 Å². The van der Waals surface area contributed by atoms with Crippen molar-refractivity contribution in [1.82, 2.24) is 10.6 Å². The second-order valence-electron chi connectivity index (χ2n) is 8.24. The molecule has 2 aliphatic carbocycles. The quantitative estimate of drug-likeness (QED) is 0.778. The maximum Gasteiger partial charge on any atom is 0.251 e.